The largest absolute Gasteiger partial charge is 0.394 e. The Hall–Kier alpha value is -0.570. The van der Waals surface area contributed by atoms with Gasteiger partial charge in [-0.2, -0.15) is 0 Å². The van der Waals surface area contributed by atoms with Gasteiger partial charge in [-0.1, -0.05) is 26.7 Å². The number of unbranched alkanes of at least 4 members (excludes halogenated alkanes) is 2. The van der Waals surface area contributed by atoms with Crippen molar-refractivity contribution in [1.29, 1.82) is 0 Å². The number of Topliss-reactive ketones (excluding diaryl/α,β-unsaturated/α-hetero) is 1. The number of rotatable bonds is 9. The molecule has 1 rings (SSSR count). The van der Waals surface area contributed by atoms with Gasteiger partial charge in [0.05, 0.1) is 6.61 Å². The van der Waals surface area contributed by atoms with Crippen molar-refractivity contribution >= 4 is 5.78 Å². The van der Waals surface area contributed by atoms with E-state index in [2.05, 4.69) is 0 Å². The third-order valence-electron chi connectivity index (χ3n) is 3.75. The number of hydrogen-bond acceptors (Lipinski definition) is 7. The molecule has 0 aromatic heterocycles. The Labute approximate surface area is 124 Å². The highest BCUT2D eigenvalue weighted by atomic mass is 16.7. The van der Waals surface area contributed by atoms with Crippen LogP contribution < -0.4 is 0 Å². The Morgan fingerprint density at radius 2 is 2.05 bits per heavy atom. The summed E-state index contributed by atoms with van der Waals surface area (Å²) < 4.78 is 10.7. The van der Waals surface area contributed by atoms with Gasteiger partial charge >= 0.3 is 0 Å². The summed E-state index contributed by atoms with van der Waals surface area (Å²) >= 11 is 0. The third kappa shape index (κ3) is 3.80. The SMILES string of the molecule is CCCCCO[C@H]1O[C@H]([C@H](O)CO)[C@H](O)[C@]1(O)C(=O)CC. The fourth-order valence-corrected chi connectivity index (χ4v) is 2.40. The maximum absolute atomic E-state index is 12.0. The Balaban J connectivity index is 2.83. The molecule has 1 aliphatic heterocycles. The van der Waals surface area contributed by atoms with Gasteiger partial charge in [-0.15, -0.1) is 0 Å². The Morgan fingerprint density at radius 1 is 1.38 bits per heavy atom. The van der Waals surface area contributed by atoms with Crippen molar-refractivity contribution in [2.24, 2.45) is 0 Å². The first kappa shape index (κ1) is 18.5. The minimum atomic E-state index is -2.22. The van der Waals surface area contributed by atoms with Gasteiger partial charge in [0.15, 0.2) is 12.1 Å². The molecule has 124 valence electrons. The van der Waals surface area contributed by atoms with Crippen LogP contribution in [0.1, 0.15) is 39.5 Å². The highest BCUT2D eigenvalue weighted by Crippen LogP contribution is 2.35. The molecule has 1 heterocycles. The summed E-state index contributed by atoms with van der Waals surface area (Å²) in [6, 6.07) is 0. The predicted molar refractivity (Wildman–Crippen MR) is 73.5 cm³/mol. The average molecular weight is 306 g/mol. The normalized spacial score (nSPS) is 34.1. The zero-order valence-corrected chi connectivity index (χ0v) is 12.6. The van der Waals surface area contributed by atoms with E-state index in [0.717, 1.165) is 19.3 Å². The molecule has 1 fully saturated rings. The third-order valence-corrected chi connectivity index (χ3v) is 3.75. The van der Waals surface area contributed by atoms with Crippen molar-refractivity contribution in [3.05, 3.63) is 0 Å². The second kappa shape index (κ2) is 8.17. The molecule has 0 aromatic rings. The van der Waals surface area contributed by atoms with E-state index < -0.39 is 42.6 Å². The second-order valence-corrected chi connectivity index (χ2v) is 5.31. The van der Waals surface area contributed by atoms with E-state index >= 15 is 0 Å². The molecule has 0 bridgehead atoms. The molecular weight excluding hydrogens is 280 g/mol. The van der Waals surface area contributed by atoms with Crippen molar-refractivity contribution < 1.29 is 34.7 Å². The van der Waals surface area contributed by atoms with Crippen LogP contribution in [-0.2, 0) is 14.3 Å². The summed E-state index contributed by atoms with van der Waals surface area (Å²) in [6.07, 6.45) is -3.03. The van der Waals surface area contributed by atoms with Gasteiger partial charge in [-0.3, -0.25) is 4.79 Å². The second-order valence-electron chi connectivity index (χ2n) is 5.31. The van der Waals surface area contributed by atoms with Crippen molar-refractivity contribution in [3.8, 4) is 0 Å². The van der Waals surface area contributed by atoms with Gasteiger partial charge in [0.2, 0.25) is 5.60 Å². The van der Waals surface area contributed by atoms with E-state index in [-0.39, 0.29) is 13.0 Å². The molecule has 21 heavy (non-hydrogen) atoms. The number of carbonyl (C=O) groups excluding carboxylic acids is 1. The van der Waals surface area contributed by atoms with E-state index in [1.54, 1.807) is 6.92 Å². The fourth-order valence-electron chi connectivity index (χ4n) is 2.40. The summed E-state index contributed by atoms with van der Waals surface area (Å²) in [5.41, 5.74) is -2.22. The molecule has 0 unspecified atom stereocenters. The van der Waals surface area contributed by atoms with Gasteiger partial charge in [0.1, 0.15) is 18.3 Å². The summed E-state index contributed by atoms with van der Waals surface area (Å²) in [6.45, 7) is 3.20. The van der Waals surface area contributed by atoms with Gasteiger partial charge < -0.3 is 29.9 Å². The molecule has 1 aliphatic rings. The van der Waals surface area contributed by atoms with Crippen LogP contribution in [0.3, 0.4) is 0 Å². The maximum atomic E-state index is 12.0. The van der Waals surface area contributed by atoms with Gasteiger partial charge in [-0.05, 0) is 6.42 Å². The summed E-state index contributed by atoms with van der Waals surface area (Å²) in [7, 11) is 0. The molecule has 1 saturated heterocycles. The average Bonchev–Trinajstić information content (AvgIpc) is 2.75. The molecule has 0 amide bonds. The van der Waals surface area contributed by atoms with Crippen LogP contribution >= 0.6 is 0 Å². The standard InChI is InChI=1S/C14H26O7/c1-3-5-6-7-20-13-14(19,10(17)4-2)12(18)11(21-13)9(16)8-15/h9,11-13,15-16,18-19H,3-8H2,1-2H3/t9-,11-,12+,13+,14-/m1/s1. The highest BCUT2D eigenvalue weighted by molar-refractivity contribution is 5.88. The lowest BCUT2D eigenvalue weighted by Gasteiger charge is -2.29. The van der Waals surface area contributed by atoms with E-state index in [9.17, 15) is 20.1 Å². The molecule has 0 spiro atoms. The first-order valence-electron chi connectivity index (χ1n) is 7.43. The van der Waals surface area contributed by atoms with Crippen LogP contribution in [0, 0.1) is 0 Å². The molecule has 0 radical (unpaired) electrons. The summed E-state index contributed by atoms with van der Waals surface area (Å²) in [4.78, 5) is 12.0. The molecule has 0 aliphatic carbocycles. The van der Waals surface area contributed by atoms with Crippen LogP contribution in [0.15, 0.2) is 0 Å². The zero-order chi connectivity index (χ0) is 16.0. The van der Waals surface area contributed by atoms with Crippen LogP contribution in [0.2, 0.25) is 0 Å². The topological polar surface area (TPSA) is 116 Å². The lowest BCUT2D eigenvalue weighted by atomic mass is 9.87. The van der Waals surface area contributed by atoms with Crippen molar-refractivity contribution in [2.45, 2.75) is 69.7 Å². The highest BCUT2D eigenvalue weighted by Gasteiger charge is 2.61. The number of hydrogen-bond donors (Lipinski definition) is 4. The molecule has 0 saturated carbocycles. The zero-order valence-electron chi connectivity index (χ0n) is 12.6. The molecular formula is C14H26O7. The predicted octanol–water partition coefficient (Wildman–Crippen LogP) is -0.658. The van der Waals surface area contributed by atoms with Gasteiger partial charge in [0, 0.05) is 13.0 Å². The Bertz CT molecular complexity index is 335. The monoisotopic (exact) mass is 306 g/mol. The Morgan fingerprint density at radius 3 is 2.57 bits per heavy atom. The number of ether oxygens (including phenoxy) is 2. The first-order chi connectivity index (χ1) is 9.93. The lowest BCUT2D eigenvalue weighted by molar-refractivity contribution is -0.210. The van der Waals surface area contributed by atoms with Crippen molar-refractivity contribution in [3.63, 3.8) is 0 Å². The number of ketones is 1. The van der Waals surface area contributed by atoms with E-state index in [0.29, 0.717) is 0 Å². The quantitative estimate of drug-likeness (QED) is 0.418. The van der Waals surface area contributed by atoms with Crippen LogP contribution in [-0.4, -0.2) is 69.6 Å². The smallest absolute Gasteiger partial charge is 0.202 e. The minimum Gasteiger partial charge on any atom is -0.394 e. The van der Waals surface area contributed by atoms with Crippen molar-refractivity contribution in [2.75, 3.05) is 13.2 Å². The summed E-state index contributed by atoms with van der Waals surface area (Å²) in [5.74, 6) is -0.622. The number of carbonyl (C=O) groups is 1. The number of aliphatic hydroxyl groups is 4. The molecule has 7 nitrogen and oxygen atoms in total. The Kier molecular flexibility index (Phi) is 7.19. The van der Waals surface area contributed by atoms with E-state index in [4.69, 9.17) is 14.6 Å². The van der Waals surface area contributed by atoms with Crippen LogP contribution in [0.4, 0.5) is 0 Å². The molecule has 5 atom stereocenters. The maximum Gasteiger partial charge on any atom is 0.202 e. The van der Waals surface area contributed by atoms with Crippen LogP contribution in [0.25, 0.3) is 0 Å². The van der Waals surface area contributed by atoms with Crippen molar-refractivity contribution in [1.82, 2.24) is 0 Å². The van der Waals surface area contributed by atoms with E-state index in [1.807, 2.05) is 6.92 Å². The lowest BCUT2D eigenvalue weighted by Crippen LogP contribution is -2.56. The van der Waals surface area contributed by atoms with Gasteiger partial charge in [0.25, 0.3) is 0 Å². The van der Waals surface area contributed by atoms with Crippen LogP contribution in [0.5, 0.6) is 0 Å². The molecule has 4 N–H and O–H groups in total. The summed E-state index contributed by atoms with van der Waals surface area (Å²) in [5, 5.41) is 39.2. The number of aliphatic hydroxyl groups excluding tert-OH is 3. The fraction of sp³-hybridized carbons (Fsp3) is 0.929. The first-order valence-corrected chi connectivity index (χ1v) is 7.43. The van der Waals surface area contributed by atoms with E-state index in [1.165, 1.54) is 0 Å². The molecule has 0 aromatic carbocycles. The minimum absolute atomic E-state index is 0.00627. The molecule has 7 heteroatoms. The van der Waals surface area contributed by atoms with Gasteiger partial charge in [-0.25, -0.2) is 0 Å².